The normalized spacial score (nSPS) is 22.4. The molecule has 1 heterocycles. The zero-order valence-electron chi connectivity index (χ0n) is 13.8. The largest absolute Gasteiger partial charge is 0.329 e. The van der Waals surface area contributed by atoms with Gasteiger partial charge in [0.15, 0.2) is 0 Å². The van der Waals surface area contributed by atoms with Crippen molar-refractivity contribution < 1.29 is 19.2 Å². The summed E-state index contributed by atoms with van der Waals surface area (Å²) >= 11 is 0. The SMILES string of the molecule is CC(=O)Nc1ccc(NC(=O)[C@@H]2CC(=O)NC3=CCCC(=O)[C@@H]32)cc1. The van der Waals surface area contributed by atoms with Crippen LogP contribution in [0.1, 0.15) is 26.2 Å². The minimum Gasteiger partial charge on any atom is -0.329 e. The molecule has 130 valence electrons. The van der Waals surface area contributed by atoms with E-state index in [0.717, 1.165) is 0 Å². The Morgan fingerprint density at radius 1 is 1.08 bits per heavy atom. The molecular weight excluding hydrogens is 322 g/mol. The topological polar surface area (TPSA) is 104 Å². The van der Waals surface area contributed by atoms with Crippen LogP contribution in [0.25, 0.3) is 0 Å². The molecule has 1 aliphatic heterocycles. The van der Waals surface area contributed by atoms with Gasteiger partial charge in [-0.05, 0) is 30.7 Å². The molecule has 1 fully saturated rings. The van der Waals surface area contributed by atoms with Crippen LogP contribution < -0.4 is 16.0 Å². The lowest BCUT2D eigenvalue weighted by atomic mass is 9.76. The van der Waals surface area contributed by atoms with Gasteiger partial charge < -0.3 is 16.0 Å². The first kappa shape index (κ1) is 16.9. The second-order valence-corrected chi connectivity index (χ2v) is 6.25. The number of piperidine rings is 1. The lowest BCUT2D eigenvalue weighted by Crippen LogP contribution is -2.47. The molecule has 0 bridgehead atoms. The van der Waals surface area contributed by atoms with Gasteiger partial charge in [0, 0.05) is 36.8 Å². The van der Waals surface area contributed by atoms with Crippen LogP contribution in [0, 0.1) is 11.8 Å². The lowest BCUT2D eigenvalue weighted by molar-refractivity contribution is -0.135. The Morgan fingerprint density at radius 3 is 2.36 bits per heavy atom. The van der Waals surface area contributed by atoms with Crippen LogP contribution in [0.4, 0.5) is 11.4 Å². The van der Waals surface area contributed by atoms with Crippen molar-refractivity contribution >= 4 is 34.9 Å². The number of fused-ring (bicyclic) bond motifs is 1. The van der Waals surface area contributed by atoms with Crippen LogP contribution in [0.2, 0.25) is 0 Å². The Balaban J connectivity index is 1.74. The third-order valence-corrected chi connectivity index (χ3v) is 4.34. The van der Waals surface area contributed by atoms with Crippen molar-refractivity contribution in [2.24, 2.45) is 11.8 Å². The van der Waals surface area contributed by atoms with Crippen molar-refractivity contribution in [3.05, 3.63) is 36.0 Å². The number of rotatable bonds is 3. The summed E-state index contributed by atoms with van der Waals surface area (Å²) in [6, 6.07) is 6.65. The fourth-order valence-electron chi connectivity index (χ4n) is 3.24. The summed E-state index contributed by atoms with van der Waals surface area (Å²) < 4.78 is 0. The van der Waals surface area contributed by atoms with Gasteiger partial charge in [-0.15, -0.1) is 0 Å². The van der Waals surface area contributed by atoms with Gasteiger partial charge in [-0.1, -0.05) is 6.08 Å². The van der Waals surface area contributed by atoms with E-state index in [4.69, 9.17) is 0 Å². The van der Waals surface area contributed by atoms with Crippen LogP contribution in [-0.4, -0.2) is 23.5 Å². The van der Waals surface area contributed by atoms with E-state index in [2.05, 4.69) is 16.0 Å². The monoisotopic (exact) mass is 341 g/mol. The highest BCUT2D eigenvalue weighted by molar-refractivity contribution is 6.02. The highest BCUT2D eigenvalue weighted by Gasteiger charge is 2.42. The fraction of sp³-hybridized carbons (Fsp3) is 0.333. The minimum absolute atomic E-state index is 0.0104. The molecule has 3 N–H and O–H groups in total. The third-order valence-electron chi connectivity index (χ3n) is 4.34. The zero-order valence-corrected chi connectivity index (χ0v) is 13.8. The summed E-state index contributed by atoms with van der Waals surface area (Å²) in [5.74, 6) is -2.08. The van der Waals surface area contributed by atoms with E-state index in [9.17, 15) is 19.2 Å². The Labute approximate surface area is 144 Å². The summed E-state index contributed by atoms with van der Waals surface area (Å²) in [6.45, 7) is 1.41. The van der Waals surface area contributed by atoms with Gasteiger partial charge >= 0.3 is 0 Å². The van der Waals surface area contributed by atoms with Gasteiger partial charge in [0.25, 0.3) is 0 Å². The molecular formula is C18H19N3O4. The molecule has 1 aliphatic carbocycles. The number of allylic oxidation sites excluding steroid dienone is 2. The van der Waals surface area contributed by atoms with Crippen molar-refractivity contribution in [1.29, 1.82) is 0 Å². The van der Waals surface area contributed by atoms with Gasteiger partial charge in [0.2, 0.25) is 17.7 Å². The molecule has 3 amide bonds. The maximum absolute atomic E-state index is 12.6. The number of Topliss-reactive ketones (excluding diaryl/α,β-unsaturated/α-hetero) is 1. The second kappa shape index (κ2) is 6.88. The van der Waals surface area contributed by atoms with Crippen LogP contribution in [-0.2, 0) is 19.2 Å². The summed E-state index contributed by atoms with van der Waals surface area (Å²) in [6.07, 6.45) is 2.79. The third kappa shape index (κ3) is 3.76. The van der Waals surface area contributed by atoms with E-state index in [1.807, 2.05) is 6.08 Å². The standard InChI is InChI=1S/C18H19N3O4/c1-10(22)19-11-5-7-12(8-6-11)20-18(25)13-9-16(24)21-14-3-2-4-15(23)17(13)14/h3,5-8,13,17H,2,4,9H2,1H3,(H,19,22)(H,20,25)(H,21,24)/t13-,17-/m1/s1. The Hall–Kier alpha value is -2.96. The number of nitrogens with one attached hydrogen (secondary N) is 3. The number of hydrogen-bond donors (Lipinski definition) is 3. The average Bonchev–Trinajstić information content (AvgIpc) is 2.55. The average molecular weight is 341 g/mol. The van der Waals surface area contributed by atoms with Crippen molar-refractivity contribution in [1.82, 2.24) is 5.32 Å². The van der Waals surface area contributed by atoms with Gasteiger partial charge in [-0.2, -0.15) is 0 Å². The van der Waals surface area contributed by atoms with Crippen molar-refractivity contribution in [3.8, 4) is 0 Å². The number of anilines is 2. The first-order chi connectivity index (χ1) is 11.9. The molecule has 0 radical (unpaired) electrons. The number of hydrogen-bond acceptors (Lipinski definition) is 4. The molecule has 7 nitrogen and oxygen atoms in total. The van der Waals surface area contributed by atoms with E-state index in [1.165, 1.54) is 6.92 Å². The molecule has 0 saturated carbocycles. The smallest absolute Gasteiger partial charge is 0.229 e. The Kier molecular flexibility index (Phi) is 4.65. The summed E-state index contributed by atoms with van der Waals surface area (Å²) in [4.78, 5) is 47.8. The number of carbonyl (C=O) groups is 4. The number of ketones is 1. The van der Waals surface area contributed by atoms with Gasteiger partial charge in [0.05, 0.1) is 11.8 Å². The van der Waals surface area contributed by atoms with E-state index in [1.54, 1.807) is 24.3 Å². The summed E-state index contributed by atoms with van der Waals surface area (Å²) in [5.41, 5.74) is 1.71. The molecule has 1 saturated heterocycles. The first-order valence-corrected chi connectivity index (χ1v) is 8.15. The molecule has 7 heteroatoms. The molecule has 0 aromatic heterocycles. The van der Waals surface area contributed by atoms with E-state index in [0.29, 0.717) is 29.9 Å². The predicted octanol–water partition coefficient (Wildman–Crippen LogP) is 1.58. The number of carbonyl (C=O) groups excluding carboxylic acids is 4. The molecule has 25 heavy (non-hydrogen) atoms. The Bertz CT molecular complexity index is 767. The van der Waals surface area contributed by atoms with Gasteiger partial charge in [-0.3, -0.25) is 19.2 Å². The van der Waals surface area contributed by atoms with E-state index < -0.39 is 11.8 Å². The summed E-state index contributed by atoms with van der Waals surface area (Å²) in [5, 5.41) is 8.10. The maximum Gasteiger partial charge on any atom is 0.229 e. The first-order valence-electron chi connectivity index (χ1n) is 8.15. The number of amides is 3. The molecule has 0 unspecified atom stereocenters. The molecule has 1 aromatic carbocycles. The van der Waals surface area contributed by atoms with Crippen LogP contribution in [0.5, 0.6) is 0 Å². The van der Waals surface area contributed by atoms with Crippen LogP contribution in [0.15, 0.2) is 36.0 Å². The van der Waals surface area contributed by atoms with E-state index >= 15 is 0 Å². The van der Waals surface area contributed by atoms with Crippen molar-refractivity contribution in [2.75, 3.05) is 10.6 Å². The fourth-order valence-corrected chi connectivity index (χ4v) is 3.24. The molecule has 2 aliphatic rings. The number of benzene rings is 1. The predicted molar refractivity (Wildman–Crippen MR) is 91.4 cm³/mol. The molecule has 1 aromatic rings. The van der Waals surface area contributed by atoms with Crippen molar-refractivity contribution in [2.45, 2.75) is 26.2 Å². The zero-order chi connectivity index (χ0) is 18.0. The highest BCUT2D eigenvalue weighted by Crippen LogP contribution is 2.33. The van der Waals surface area contributed by atoms with Crippen LogP contribution in [0.3, 0.4) is 0 Å². The quantitative estimate of drug-likeness (QED) is 0.776. The second-order valence-electron chi connectivity index (χ2n) is 6.25. The van der Waals surface area contributed by atoms with E-state index in [-0.39, 0.29) is 29.9 Å². The molecule has 2 atom stereocenters. The van der Waals surface area contributed by atoms with Gasteiger partial charge in [-0.25, -0.2) is 0 Å². The molecule has 0 spiro atoms. The van der Waals surface area contributed by atoms with Crippen LogP contribution >= 0.6 is 0 Å². The molecule has 3 rings (SSSR count). The van der Waals surface area contributed by atoms with Gasteiger partial charge in [0.1, 0.15) is 5.78 Å². The highest BCUT2D eigenvalue weighted by atomic mass is 16.2. The lowest BCUT2D eigenvalue weighted by Gasteiger charge is -2.34. The minimum atomic E-state index is -0.706. The Morgan fingerprint density at radius 2 is 1.72 bits per heavy atom. The summed E-state index contributed by atoms with van der Waals surface area (Å²) in [7, 11) is 0. The van der Waals surface area contributed by atoms with Crippen molar-refractivity contribution in [3.63, 3.8) is 0 Å². The maximum atomic E-state index is 12.6.